The highest BCUT2D eigenvalue weighted by molar-refractivity contribution is 9.11. The summed E-state index contributed by atoms with van der Waals surface area (Å²) < 4.78 is 1.08. The van der Waals surface area contributed by atoms with Gasteiger partial charge in [-0.05, 0) is 23.1 Å². The molecule has 0 aliphatic carbocycles. The second-order valence-corrected chi connectivity index (χ2v) is 3.09. The second-order valence-electron chi connectivity index (χ2n) is 1.84. The van der Waals surface area contributed by atoms with Gasteiger partial charge in [-0.15, -0.1) is 0 Å². The summed E-state index contributed by atoms with van der Waals surface area (Å²) >= 11 is 3.32. The quantitative estimate of drug-likeness (QED) is 0.609. The highest BCUT2D eigenvalue weighted by atomic mass is 79.9. The molecule has 0 aliphatic rings. The third kappa shape index (κ3) is 4.33. The van der Waals surface area contributed by atoms with Crippen molar-refractivity contribution in [1.29, 1.82) is 0 Å². The van der Waals surface area contributed by atoms with Crippen LogP contribution in [0.2, 0.25) is 0 Å². The molecule has 0 aliphatic heterocycles. The van der Waals surface area contributed by atoms with Crippen LogP contribution in [0, 0.1) is 0 Å². The molecule has 0 amide bonds. The first-order chi connectivity index (χ1) is 4.70. The molecule has 0 radical (unpaired) electrons. The van der Waals surface area contributed by atoms with Crippen molar-refractivity contribution in [3.63, 3.8) is 0 Å². The van der Waals surface area contributed by atoms with Gasteiger partial charge in [0.15, 0.2) is 0 Å². The van der Waals surface area contributed by atoms with E-state index in [4.69, 9.17) is 0 Å². The third-order valence-corrected chi connectivity index (χ3v) is 1.14. The van der Waals surface area contributed by atoms with Crippen LogP contribution in [0.1, 0.15) is 6.92 Å². The molecule has 0 saturated heterocycles. The van der Waals surface area contributed by atoms with Crippen LogP contribution in [0.5, 0.6) is 0 Å². The van der Waals surface area contributed by atoms with E-state index in [0.717, 1.165) is 10.1 Å². The Labute approximate surface area is 70.8 Å². The van der Waals surface area contributed by atoms with Gasteiger partial charge >= 0.3 is 0 Å². The zero-order valence-corrected chi connectivity index (χ0v) is 7.69. The van der Waals surface area contributed by atoms with Gasteiger partial charge in [-0.3, -0.25) is 0 Å². The fraction of sp³-hybridized carbons (Fsp3) is 0.111. The summed E-state index contributed by atoms with van der Waals surface area (Å²) in [5.41, 5.74) is 1.06. The van der Waals surface area contributed by atoms with Crippen molar-refractivity contribution in [2.75, 3.05) is 0 Å². The van der Waals surface area contributed by atoms with Crippen LogP contribution in [0.15, 0.2) is 47.5 Å². The Kier molecular flexibility index (Phi) is 4.95. The van der Waals surface area contributed by atoms with Crippen molar-refractivity contribution in [2.45, 2.75) is 6.92 Å². The Morgan fingerprint density at radius 3 is 2.30 bits per heavy atom. The zero-order valence-electron chi connectivity index (χ0n) is 6.10. The first kappa shape index (κ1) is 9.44. The van der Waals surface area contributed by atoms with Gasteiger partial charge in [-0.25, -0.2) is 0 Å². The smallest absolute Gasteiger partial charge is 0.00745 e. The fourth-order valence-corrected chi connectivity index (χ4v) is 0.805. The number of hydrogen-bond acceptors (Lipinski definition) is 0. The molecule has 0 heterocycles. The Morgan fingerprint density at radius 2 is 2.00 bits per heavy atom. The monoisotopic (exact) mass is 198 g/mol. The van der Waals surface area contributed by atoms with Crippen LogP contribution in [-0.4, -0.2) is 0 Å². The van der Waals surface area contributed by atoms with E-state index in [9.17, 15) is 0 Å². The molecule has 54 valence electrons. The average molecular weight is 199 g/mol. The number of hydrogen-bond donors (Lipinski definition) is 0. The van der Waals surface area contributed by atoms with E-state index in [1.807, 2.05) is 19.1 Å². The zero-order chi connectivity index (χ0) is 7.98. The molecule has 0 nitrogen and oxygen atoms in total. The molecule has 0 fully saturated rings. The van der Waals surface area contributed by atoms with Crippen molar-refractivity contribution in [3.8, 4) is 0 Å². The molecule has 0 N–H and O–H groups in total. The molecule has 0 aromatic rings. The Hall–Kier alpha value is -0.560. The standard InChI is InChI=1S/C9H11Br/c1-4-6-9(5-2)7-8(3)10/h4-7H,1-2H2,3H3/b8-7-,9-6+. The van der Waals surface area contributed by atoms with E-state index in [1.165, 1.54) is 0 Å². The van der Waals surface area contributed by atoms with Crippen LogP contribution in [0.25, 0.3) is 0 Å². The first-order valence-electron chi connectivity index (χ1n) is 2.99. The predicted molar refractivity (Wildman–Crippen MR) is 51.2 cm³/mol. The summed E-state index contributed by atoms with van der Waals surface area (Å²) in [6.45, 7) is 9.21. The molecule has 0 aromatic carbocycles. The predicted octanol–water partition coefficient (Wildman–Crippen LogP) is 3.58. The molecule has 0 rings (SSSR count). The van der Waals surface area contributed by atoms with Crippen LogP contribution >= 0.6 is 15.9 Å². The number of halogens is 1. The second kappa shape index (κ2) is 5.24. The SMILES string of the molecule is C=C/C=C(C=C)/C=C(/C)Br. The van der Waals surface area contributed by atoms with Gasteiger partial charge in [0.25, 0.3) is 0 Å². The molecular formula is C9H11Br. The van der Waals surface area contributed by atoms with E-state index in [2.05, 4.69) is 29.1 Å². The first-order valence-corrected chi connectivity index (χ1v) is 3.79. The summed E-state index contributed by atoms with van der Waals surface area (Å²) in [5, 5.41) is 0. The Balaban J connectivity index is 4.37. The maximum absolute atomic E-state index is 3.65. The molecule has 0 aromatic heterocycles. The lowest BCUT2D eigenvalue weighted by Crippen LogP contribution is -1.68. The number of rotatable bonds is 3. The van der Waals surface area contributed by atoms with Crippen molar-refractivity contribution < 1.29 is 0 Å². The van der Waals surface area contributed by atoms with Gasteiger partial charge in [-0.1, -0.05) is 47.3 Å². The molecule has 1 heteroatoms. The van der Waals surface area contributed by atoms with Crippen LogP contribution in [-0.2, 0) is 0 Å². The molecule has 0 unspecified atom stereocenters. The fourth-order valence-electron chi connectivity index (χ4n) is 0.541. The average Bonchev–Trinajstić information content (AvgIpc) is 1.86. The molecule has 0 saturated carbocycles. The minimum atomic E-state index is 1.06. The molecule has 0 bridgehead atoms. The summed E-state index contributed by atoms with van der Waals surface area (Å²) in [4.78, 5) is 0. The maximum atomic E-state index is 3.65. The van der Waals surface area contributed by atoms with E-state index in [1.54, 1.807) is 12.2 Å². The van der Waals surface area contributed by atoms with Gasteiger partial charge in [0.1, 0.15) is 0 Å². The van der Waals surface area contributed by atoms with Crippen molar-refractivity contribution in [2.24, 2.45) is 0 Å². The summed E-state index contributed by atoms with van der Waals surface area (Å²) in [7, 11) is 0. The lowest BCUT2D eigenvalue weighted by molar-refractivity contribution is 1.62. The normalized spacial score (nSPS) is 13.0. The Bertz CT molecular complexity index is 181. The largest absolute Gasteiger partial charge is 0.0990 e. The molecule has 0 spiro atoms. The highest BCUT2D eigenvalue weighted by Gasteiger charge is 1.82. The van der Waals surface area contributed by atoms with E-state index in [0.29, 0.717) is 0 Å². The minimum absolute atomic E-state index is 1.06. The van der Waals surface area contributed by atoms with Crippen LogP contribution in [0.3, 0.4) is 0 Å². The third-order valence-electron chi connectivity index (χ3n) is 0.912. The van der Waals surface area contributed by atoms with Crippen molar-refractivity contribution in [3.05, 3.63) is 47.5 Å². The van der Waals surface area contributed by atoms with Crippen molar-refractivity contribution >= 4 is 15.9 Å². The van der Waals surface area contributed by atoms with E-state index < -0.39 is 0 Å². The molecule has 10 heavy (non-hydrogen) atoms. The van der Waals surface area contributed by atoms with E-state index in [-0.39, 0.29) is 0 Å². The van der Waals surface area contributed by atoms with Gasteiger partial charge in [0.2, 0.25) is 0 Å². The molecular weight excluding hydrogens is 188 g/mol. The summed E-state index contributed by atoms with van der Waals surface area (Å²) in [6, 6.07) is 0. The number of allylic oxidation sites excluding steroid dienone is 6. The van der Waals surface area contributed by atoms with Crippen LogP contribution in [0.4, 0.5) is 0 Å². The van der Waals surface area contributed by atoms with E-state index >= 15 is 0 Å². The maximum Gasteiger partial charge on any atom is -0.00745 e. The van der Waals surface area contributed by atoms with Gasteiger partial charge < -0.3 is 0 Å². The van der Waals surface area contributed by atoms with Gasteiger partial charge in [0, 0.05) is 0 Å². The summed E-state index contributed by atoms with van der Waals surface area (Å²) in [6.07, 6.45) is 7.41. The lowest BCUT2D eigenvalue weighted by Gasteiger charge is -1.90. The van der Waals surface area contributed by atoms with Gasteiger partial charge in [-0.2, -0.15) is 0 Å². The van der Waals surface area contributed by atoms with Crippen LogP contribution < -0.4 is 0 Å². The molecule has 0 atom stereocenters. The summed E-state index contributed by atoms with van der Waals surface area (Å²) in [5.74, 6) is 0. The van der Waals surface area contributed by atoms with Crippen molar-refractivity contribution in [1.82, 2.24) is 0 Å². The lowest BCUT2D eigenvalue weighted by atomic mass is 10.2. The van der Waals surface area contributed by atoms with Gasteiger partial charge in [0.05, 0.1) is 0 Å². The highest BCUT2D eigenvalue weighted by Crippen LogP contribution is 2.08. The Morgan fingerprint density at radius 1 is 1.40 bits per heavy atom. The minimum Gasteiger partial charge on any atom is -0.0990 e. The topological polar surface area (TPSA) is 0 Å².